The van der Waals surface area contributed by atoms with E-state index in [-0.39, 0.29) is 4.83 Å². The first-order valence-corrected chi connectivity index (χ1v) is 7.63. The minimum atomic E-state index is -4.31. The molecule has 0 aliphatic heterocycles. The second-order valence-electron chi connectivity index (χ2n) is 4.42. The van der Waals surface area contributed by atoms with E-state index in [4.69, 9.17) is 0 Å². The maximum atomic E-state index is 12.7. The van der Waals surface area contributed by atoms with Crippen LogP contribution in [0.15, 0.2) is 53.0 Å². The van der Waals surface area contributed by atoms with E-state index in [1.807, 2.05) is 24.3 Å². The minimum Gasteiger partial charge on any atom is -0.166 e. The quantitative estimate of drug-likeness (QED) is 0.535. The van der Waals surface area contributed by atoms with Crippen molar-refractivity contribution in [1.82, 2.24) is 0 Å². The molecular formula is C15H11Br2F3. The Kier molecular flexibility index (Phi) is 4.91. The highest BCUT2D eigenvalue weighted by Gasteiger charge is 2.30. The summed E-state index contributed by atoms with van der Waals surface area (Å²) in [6.07, 6.45) is -3.67. The summed E-state index contributed by atoms with van der Waals surface area (Å²) in [7, 11) is 0. The molecule has 20 heavy (non-hydrogen) atoms. The number of alkyl halides is 4. The summed E-state index contributed by atoms with van der Waals surface area (Å²) in [6, 6.07) is 13.2. The van der Waals surface area contributed by atoms with Gasteiger partial charge in [-0.25, -0.2) is 0 Å². The summed E-state index contributed by atoms with van der Waals surface area (Å²) >= 11 is 6.81. The smallest absolute Gasteiger partial charge is 0.166 e. The second-order valence-corrected chi connectivity index (χ2v) is 6.44. The molecule has 0 spiro atoms. The van der Waals surface area contributed by atoms with Crippen molar-refractivity contribution < 1.29 is 13.2 Å². The van der Waals surface area contributed by atoms with Gasteiger partial charge in [0.1, 0.15) is 0 Å². The number of hydrogen-bond donors (Lipinski definition) is 0. The third kappa shape index (κ3) is 4.09. The normalized spacial score (nSPS) is 13.2. The van der Waals surface area contributed by atoms with Crippen molar-refractivity contribution >= 4 is 31.9 Å². The highest BCUT2D eigenvalue weighted by atomic mass is 79.9. The van der Waals surface area contributed by atoms with Crippen LogP contribution in [-0.2, 0) is 12.6 Å². The van der Waals surface area contributed by atoms with Gasteiger partial charge in [-0.05, 0) is 35.7 Å². The zero-order chi connectivity index (χ0) is 14.8. The average Bonchev–Trinajstić information content (AvgIpc) is 2.40. The van der Waals surface area contributed by atoms with Crippen molar-refractivity contribution in [2.24, 2.45) is 0 Å². The minimum absolute atomic E-state index is 0.147. The fourth-order valence-corrected chi connectivity index (χ4v) is 2.78. The van der Waals surface area contributed by atoms with Gasteiger partial charge in [0.2, 0.25) is 0 Å². The molecule has 0 bridgehead atoms. The van der Waals surface area contributed by atoms with Gasteiger partial charge in [-0.3, -0.25) is 0 Å². The van der Waals surface area contributed by atoms with Crippen molar-refractivity contribution in [2.45, 2.75) is 17.4 Å². The molecule has 0 amide bonds. The maximum absolute atomic E-state index is 12.7. The van der Waals surface area contributed by atoms with Gasteiger partial charge in [0.05, 0.1) is 5.56 Å². The summed E-state index contributed by atoms with van der Waals surface area (Å²) in [5.41, 5.74) is 1.07. The lowest BCUT2D eigenvalue weighted by Gasteiger charge is -2.13. The topological polar surface area (TPSA) is 0 Å². The van der Waals surface area contributed by atoms with Crippen LogP contribution in [-0.4, -0.2) is 0 Å². The van der Waals surface area contributed by atoms with Crippen LogP contribution in [0.5, 0.6) is 0 Å². The number of hydrogen-bond acceptors (Lipinski definition) is 0. The molecule has 0 fully saturated rings. The van der Waals surface area contributed by atoms with Gasteiger partial charge >= 0.3 is 6.18 Å². The molecule has 0 aromatic heterocycles. The predicted octanol–water partition coefficient (Wildman–Crippen LogP) is 6.15. The van der Waals surface area contributed by atoms with Crippen molar-refractivity contribution in [3.05, 3.63) is 69.7 Å². The first-order chi connectivity index (χ1) is 9.36. The van der Waals surface area contributed by atoms with Crippen LogP contribution in [0.4, 0.5) is 13.2 Å². The van der Waals surface area contributed by atoms with Crippen LogP contribution in [0.2, 0.25) is 0 Å². The first kappa shape index (κ1) is 15.6. The fourth-order valence-electron chi connectivity index (χ4n) is 1.86. The Labute approximate surface area is 132 Å². The van der Waals surface area contributed by atoms with Crippen LogP contribution < -0.4 is 0 Å². The molecule has 5 heteroatoms. The third-order valence-electron chi connectivity index (χ3n) is 2.90. The summed E-state index contributed by atoms with van der Waals surface area (Å²) in [6.45, 7) is 0. The number of benzene rings is 2. The zero-order valence-electron chi connectivity index (χ0n) is 10.3. The molecule has 106 valence electrons. The lowest BCUT2D eigenvalue weighted by molar-refractivity contribution is -0.137. The molecule has 1 unspecified atom stereocenters. The Balaban J connectivity index is 2.17. The summed E-state index contributed by atoms with van der Waals surface area (Å²) in [4.78, 5) is -0.147. The van der Waals surface area contributed by atoms with Crippen LogP contribution >= 0.6 is 31.9 Å². The van der Waals surface area contributed by atoms with Crippen LogP contribution in [0.3, 0.4) is 0 Å². The van der Waals surface area contributed by atoms with Crippen molar-refractivity contribution in [1.29, 1.82) is 0 Å². The molecule has 0 aliphatic carbocycles. The Bertz CT molecular complexity index is 576. The Hall–Kier alpha value is -0.810. The average molecular weight is 408 g/mol. The molecule has 2 aromatic carbocycles. The van der Waals surface area contributed by atoms with E-state index >= 15 is 0 Å². The van der Waals surface area contributed by atoms with E-state index in [0.717, 1.165) is 16.1 Å². The summed E-state index contributed by atoms with van der Waals surface area (Å²) < 4.78 is 39.0. The fraction of sp³-hybridized carbons (Fsp3) is 0.200. The van der Waals surface area contributed by atoms with Crippen molar-refractivity contribution in [3.63, 3.8) is 0 Å². The van der Waals surface area contributed by atoms with E-state index in [1.165, 1.54) is 12.1 Å². The standard InChI is InChI=1S/C15H11Br2F3/c16-13-6-4-10(5-7-13)8-14(17)11-2-1-3-12(9-11)15(18,19)20/h1-7,9,14H,8H2. The zero-order valence-corrected chi connectivity index (χ0v) is 13.5. The van der Waals surface area contributed by atoms with Crippen molar-refractivity contribution in [2.75, 3.05) is 0 Å². The van der Waals surface area contributed by atoms with Gasteiger partial charge < -0.3 is 0 Å². The van der Waals surface area contributed by atoms with E-state index in [1.54, 1.807) is 6.07 Å². The molecule has 0 saturated heterocycles. The second kappa shape index (κ2) is 6.31. The maximum Gasteiger partial charge on any atom is 0.416 e. The van der Waals surface area contributed by atoms with Gasteiger partial charge in [-0.1, -0.05) is 62.2 Å². The number of halogens is 5. The molecule has 0 saturated carbocycles. The van der Waals surface area contributed by atoms with Gasteiger partial charge in [0.15, 0.2) is 0 Å². The molecule has 0 N–H and O–H groups in total. The van der Waals surface area contributed by atoms with Crippen LogP contribution in [0, 0.1) is 0 Å². The monoisotopic (exact) mass is 406 g/mol. The third-order valence-corrected chi connectivity index (χ3v) is 4.28. The molecule has 0 aliphatic rings. The SMILES string of the molecule is FC(F)(F)c1cccc(C(Br)Cc2ccc(Br)cc2)c1. The van der Waals surface area contributed by atoms with Gasteiger partial charge in [-0.2, -0.15) is 13.2 Å². The molecule has 2 aromatic rings. The van der Waals surface area contributed by atoms with E-state index in [9.17, 15) is 13.2 Å². The molecular weight excluding hydrogens is 397 g/mol. The van der Waals surface area contributed by atoms with Crippen molar-refractivity contribution in [3.8, 4) is 0 Å². The molecule has 1 atom stereocenters. The lowest BCUT2D eigenvalue weighted by Crippen LogP contribution is -2.06. The summed E-state index contributed by atoms with van der Waals surface area (Å²) in [5.74, 6) is 0. The van der Waals surface area contributed by atoms with E-state index < -0.39 is 11.7 Å². The number of rotatable bonds is 3. The molecule has 0 radical (unpaired) electrons. The van der Waals surface area contributed by atoms with Gasteiger partial charge in [-0.15, -0.1) is 0 Å². The molecule has 2 rings (SSSR count). The largest absolute Gasteiger partial charge is 0.416 e. The van der Waals surface area contributed by atoms with E-state index in [0.29, 0.717) is 12.0 Å². The van der Waals surface area contributed by atoms with Gasteiger partial charge in [0, 0.05) is 9.30 Å². The van der Waals surface area contributed by atoms with Crippen LogP contribution in [0.25, 0.3) is 0 Å². The summed E-state index contributed by atoms with van der Waals surface area (Å²) in [5, 5.41) is 0. The Morgan fingerprint density at radius 3 is 2.25 bits per heavy atom. The molecule has 0 nitrogen and oxygen atoms in total. The Morgan fingerprint density at radius 1 is 1.00 bits per heavy atom. The van der Waals surface area contributed by atoms with E-state index in [2.05, 4.69) is 31.9 Å². The van der Waals surface area contributed by atoms with Gasteiger partial charge in [0.25, 0.3) is 0 Å². The highest BCUT2D eigenvalue weighted by molar-refractivity contribution is 9.10. The molecule has 0 heterocycles. The lowest BCUT2D eigenvalue weighted by atomic mass is 10.0. The predicted molar refractivity (Wildman–Crippen MR) is 81.0 cm³/mol. The Morgan fingerprint density at radius 2 is 1.65 bits per heavy atom. The highest BCUT2D eigenvalue weighted by Crippen LogP contribution is 2.33. The van der Waals surface area contributed by atoms with Crippen LogP contribution in [0.1, 0.15) is 21.5 Å². The first-order valence-electron chi connectivity index (χ1n) is 5.92.